The minimum absolute atomic E-state index is 0.930. The molecule has 64 valence electrons. The van der Waals surface area contributed by atoms with Gasteiger partial charge in [-0.15, -0.1) is 6.58 Å². The molecular formula is C11H15N. The van der Waals surface area contributed by atoms with Crippen LogP contribution in [0, 0.1) is 6.92 Å². The van der Waals surface area contributed by atoms with Gasteiger partial charge in [0.2, 0.25) is 0 Å². The average molecular weight is 161 g/mol. The second kappa shape index (κ2) is 3.96. The fraction of sp³-hybridized carbons (Fsp3) is 0.273. The quantitative estimate of drug-likeness (QED) is 0.535. The predicted octanol–water partition coefficient (Wildman–Crippen LogP) is 2.70. The monoisotopic (exact) mass is 161 g/mol. The van der Waals surface area contributed by atoms with Gasteiger partial charge in [-0.25, -0.2) is 0 Å². The van der Waals surface area contributed by atoms with E-state index in [4.69, 9.17) is 5.73 Å². The Morgan fingerprint density at radius 2 is 2.25 bits per heavy atom. The molecule has 0 atom stereocenters. The number of hydrogen-bond donors (Lipinski definition) is 1. The number of allylic oxidation sites excluding steroid dienone is 1. The highest BCUT2D eigenvalue weighted by atomic mass is 14.6. The van der Waals surface area contributed by atoms with E-state index in [0.29, 0.717) is 0 Å². The molecule has 0 spiro atoms. The third kappa shape index (κ3) is 1.88. The zero-order valence-electron chi connectivity index (χ0n) is 7.51. The van der Waals surface area contributed by atoms with Crippen LogP contribution in [0.4, 0.5) is 5.69 Å². The predicted molar refractivity (Wildman–Crippen MR) is 54.1 cm³/mol. The minimum Gasteiger partial charge on any atom is -0.398 e. The van der Waals surface area contributed by atoms with Crippen LogP contribution in [0.5, 0.6) is 0 Å². The lowest BCUT2D eigenvalue weighted by atomic mass is 10.0. The zero-order valence-corrected chi connectivity index (χ0v) is 7.51. The molecule has 0 aliphatic carbocycles. The van der Waals surface area contributed by atoms with Crippen LogP contribution >= 0.6 is 0 Å². The summed E-state index contributed by atoms with van der Waals surface area (Å²) in [5.41, 5.74) is 9.21. The smallest absolute Gasteiger partial charge is 0.0376 e. The molecule has 0 aromatic heterocycles. The number of aryl methyl sites for hydroxylation is 2. The molecule has 0 heterocycles. The van der Waals surface area contributed by atoms with Crippen molar-refractivity contribution in [1.82, 2.24) is 0 Å². The molecule has 1 nitrogen and oxygen atoms in total. The Labute approximate surface area is 73.9 Å². The average Bonchev–Trinajstić information content (AvgIpc) is 2.08. The summed E-state index contributed by atoms with van der Waals surface area (Å²) in [5, 5.41) is 0. The molecule has 1 aromatic rings. The summed E-state index contributed by atoms with van der Waals surface area (Å²) >= 11 is 0. The normalized spacial score (nSPS) is 9.75. The molecule has 0 unspecified atom stereocenters. The van der Waals surface area contributed by atoms with Crippen molar-refractivity contribution in [1.29, 1.82) is 0 Å². The highest BCUT2D eigenvalue weighted by molar-refractivity contribution is 5.53. The fourth-order valence-electron chi connectivity index (χ4n) is 1.22. The van der Waals surface area contributed by atoms with E-state index in [1.54, 1.807) is 0 Å². The summed E-state index contributed by atoms with van der Waals surface area (Å²) < 4.78 is 0. The summed E-state index contributed by atoms with van der Waals surface area (Å²) in [6.07, 6.45) is 3.91. The molecule has 1 heteroatoms. The Morgan fingerprint density at radius 1 is 1.50 bits per heavy atom. The summed E-state index contributed by atoms with van der Waals surface area (Å²) in [6.45, 7) is 5.72. The lowest BCUT2D eigenvalue weighted by molar-refractivity contribution is 1.00. The zero-order chi connectivity index (χ0) is 8.97. The van der Waals surface area contributed by atoms with Gasteiger partial charge in [0.15, 0.2) is 0 Å². The number of para-hydroxylation sites is 1. The maximum absolute atomic E-state index is 5.89. The standard InChI is InChI=1S/C11H15N/c1-3-4-7-10-8-5-6-9(2)11(10)12/h3,5-6,8H,1,4,7,12H2,2H3. The van der Waals surface area contributed by atoms with Gasteiger partial charge in [-0.1, -0.05) is 24.3 Å². The Hall–Kier alpha value is -1.24. The minimum atomic E-state index is 0.930. The third-order valence-corrected chi connectivity index (χ3v) is 2.03. The number of hydrogen-bond acceptors (Lipinski definition) is 1. The summed E-state index contributed by atoms with van der Waals surface area (Å²) in [4.78, 5) is 0. The van der Waals surface area contributed by atoms with Crippen molar-refractivity contribution in [2.45, 2.75) is 19.8 Å². The van der Waals surface area contributed by atoms with Crippen molar-refractivity contribution in [2.24, 2.45) is 0 Å². The first kappa shape index (κ1) is 8.85. The second-order valence-electron chi connectivity index (χ2n) is 2.98. The molecule has 0 bridgehead atoms. The number of anilines is 1. The van der Waals surface area contributed by atoms with Gasteiger partial charge < -0.3 is 5.73 Å². The van der Waals surface area contributed by atoms with E-state index in [2.05, 4.69) is 12.6 Å². The molecule has 0 saturated heterocycles. The van der Waals surface area contributed by atoms with Crippen molar-refractivity contribution >= 4 is 5.69 Å². The second-order valence-corrected chi connectivity index (χ2v) is 2.98. The first-order chi connectivity index (χ1) is 5.75. The molecule has 2 N–H and O–H groups in total. The van der Waals surface area contributed by atoms with Crippen LogP contribution < -0.4 is 5.73 Å². The summed E-state index contributed by atoms with van der Waals surface area (Å²) in [5.74, 6) is 0. The molecule has 0 aliphatic rings. The van der Waals surface area contributed by atoms with E-state index in [9.17, 15) is 0 Å². The number of benzene rings is 1. The van der Waals surface area contributed by atoms with E-state index in [-0.39, 0.29) is 0 Å². The van der Waals surface area contributed by atoms with Crippen LogP contribution in [-0.4, -0.2) is 0 Å². The van der Waals surface area contributed by atoms with Gasteiger partial charge in [-0.2, -0.15) is 0 Å². The highest BCUT2D eigenvalue weighted by Gasteiger charge is 1.98. The van der Waals surface area contributed by atoms with Crippen molar-refractivity contribution in [3.8, 4) is 0 Å². The maximum atomic E-state index is 5.89. The number of nitrogens with two attached hydrogens (primary N) is 1. The van der Waals surface area contributed by atoms with Gasteiger partial charge in [-0.05, 0) is 30.9 Å². The van der Waals surface area contributed by atoms with Crippen LogP contribution in [0.1, 0.15) is 17.5 Å². The first-order valence-corrected chi connectivity index (χ1v) is 4.20. The van der Waals surface area contributed by atoms with Gasteiger partial charge >= 0.3 is 0 Å². The Balaban J connectivity index is 2.84. The first-order valence-electron chi connectivity index (χ1n) is 4.20. The van der Waals surface area contributed by atoms with E-state index in [1.165, 1.54) is 5.56 Å². The van der Waals surface area contributed by atoms with Gasteiger partial charge in [0.05, 0.1) is 0 Å². The van der Waals surface area contributed by atoms with Crippen LogP contribution in [0.25, 0.3) is 0 Å². The van der Waals surface area contributed by atoms with Gasteiger partial charge in [0, 0.05) is 5.69 Å². The molecular weight excluding hydrogens is 146 g/mol. The number of nitrogen functional groups attached to an aromatic ring is 1. The highest BCUT2D eigenvalue weighted by Crippen LogP contribution is 2.17. The Kier molecular flexibility index (Phi) is 2.92. The van der Waals surface area contributed by atoms with Gasteiger partial charge in [0.1, 0.15) is 0 Å². The Bertz CT molecular complexity index is 276. The topological polar surface area (TPSA) is 26.0 Å². The summed E-state index contributed by atoms with van der Waals surface area (Å²) in [7, 11) is 0. The SMILES string of the molecule is C=CCCc1cccc(C)c1N. The van der Waals surface area contributed by atoms with E-state index in [0.717, 1.165) is 24.1 Å². The van der Waals surface area contributed by atoms with Crippen LogP contribution in [0.15, 0.2) is 30.9 Å². The van der Waals surface area contributed by atoms with Crippen molar-refractivity contribution in [3.05, 3.63) is 42.0 Å². The van der Waals surface area contributed by atoms with E-state index >= 15 is 0 Å². The third-order valence-electron chi connectivity index (χ3n) is 2.03. The lowest BCUT2D eigenvalue weighted by Gasteiger charge is -2.06. The van der Waals surface area contributed by atoms with E-state index in [1.807, 2.05) is 25.1 Å². The molecule has 0 radical (unpaired) electrons. The van der Waals surface area contributed by atoms with Crippen molar-refractivity contribution in [2.75, 3.05) is 5.73 Å². The molecule has 0 fully saturated rings. The molecule has 12 heavy (non-hydrogen) atoms. The number of rotatable bonds is 3. The van der Waals surface area contributed by atoms with Gasteiger partial charge in [-0.3, -0.25) is 0 Å². The molecule has 0 aliphatic heterocycles. The van der Waals surface area contributed by atoms with Gasteiger partial charge in [0.25, 0.3) is 0 Å². The van der Waals surface area contributed by atoms with Crippen LogP contribution in [0.3, 0.4) is 0 Å². The molecule has 1 rings (SSSR count). The largest absolute Gasteiger partial charge is 0.398 e. The van der Waals surface area contributed by atoms with Crippen LogP contribution in [0.2, 0.25) is 0 Å². The molecule has 1 aromatic carbocycles. The molecule has 0 amide bonds. The van der Waals surface area contributed by atoms with Crippen molar-refractivity contribution in [3.63, 3.8) is 0 Å². The lowest BCUT2D eigenvalue weighted by Crippen LogP contribution is -1.96. The fourth-order valence-corrected chi connectivity index (χ4v) is 1.22. The Morgan fingerprint density at radius 3 is 2.92 bits per heavy atom. The van der Waals surface area contributed by atoms with Crippen LogP contribution in [-0.2, 0) is 6.42 Å². The van der Waals surface area contributed by atoms with Crippen molar-refractivity contribution < 1.29 is 0 Å². The van der Waals surface area contributed by atoms with E-state index < -0.39 is 0 Å². The maximum Gasteiger partial charge on any atom is 0.0376 e. The molecule has 0 saturated carbocycles. The summed E-state index contributed by atoms with van der Waals surface area (Å²) in [6, 6.07) is 6.16.